The van der Waals surface area contributed by atoms with Crippen LogP contribution in [0.5, 0.6) is 0 Å². The molecule has 0 saturated carbocycles. The maximum atomic E-state index is 11.9. The largest absolute Gasteiger partial charge is 0.468 e. The standard InChI is InChI=1S/C20H28N4O2S2/c1-20(2,3)15-8-6-14(7-9-15)17-21-24(19(27)22(17)4)13-23-10-11-28-16(12-23)18(25)26-5/h6-9,16H,10-13H2,1-5H3/p+1/t16-/m1/s1. The Hall–Kier alpha value is -1.64. The topological polar surface area (TPSA) is 53.5 Å². The van der Waals surface area contributed by atoms with Gasteiger partial charge in [-0.1, -0.05) is 45.0 Å². The average Bonchev–Trinajstić information content (AvgIpc) is 2.95. The molecule has 2 atom stereocenters. The van der Waals surface area contributed by atoms with Crippen LogP contribution in [-0.4, -0.2) is 51.5 Å². The summed E-state index contributed by atoms with van der Waals surface area (Å²) in [4.78, 5) is 13.2. The fourth-order valence-corrected chi connectivity index (χ4v) is 4.84. The molecule has 1 aliphatic rings. The van der Waals surface area contributed by atoms with E-state index in [1.54, 1.807) is 11.8 Å². The molecule has 0 spiro atoms. The lowest BCUT2D eigenvalue weighted by Gasteiger charge is -2.27. The van der Waals surface area contributed by atoms with Crippen LogP contribution in [-0.2, 0) is 28.7 Å². The Morgan fingerprint density at radius 3 is 2.64 bits per heavy atom. The molecule has 1 aromatic heterocycles. The van der Waals surface area contributed by atoms with Gasteiger partial charge < -0.3 is 14.2 Å². The zero-order chi connectivity index (χ0) is 20.5. The van der Waals surface area contributed by atoms with Crippen LogP contribution < -0.4 is 4.90 Å². The number of aromatic nitrogens is 3. The number of hydrogen-bond donors (Lipinski definition) is 1. The van der Waals surface area contributed by atoms with Crippen LogP contribution in [0.1, 0.15) is 26.3 Å². The fourth-order valence-electron chi connectivity index (χ4n) is 3.37. The molecule has 1 saturated heterocycles. The molecule has 1 fully saturated rings. The van der Waals surface area contributed by atoms with Crippen LogP contribution in [0.2, 0.25) is 0 Å². The van der Waals surface area contributed by atoms with Crippen LogP contribution in [0.25, 0.3) is 11.4 Å². The third kappa shape index (κ3) is 4.50. The predicted octanol–water partition coefficient (Wildman–Crippen LogP) is 2.05. The molecule has 3 rings (SSSR count). The number of carbonyl (C=O) groups excluding carboxylic acids is 1. The molecule has 0 bridgehead atoms. The number of nitrogens with zero attached hydrogens (tertiary/aromatic N) is 3. The van der Waals surface area contributed by atoms with Gasteiger partial charge in [-0.15, -0.1) is 16.9 Å². The van der Waals surface area contributed by atoms with E-state index in [4.69, 9.17) is 22.1 Å². The molecule has 0 aliphatic carbocycles. The Balaban J connectivity index is 1.80. The van der Waals surface area contributed by atoms with Gasteiger partial charge in [-0.25, -0.2) is 0 Å². The number of esters is 1. The van der Waals surface area contributed by atoms with Gasteiger partial charge >= 0.3 is 5.97 Å². The van der Waals surface area contributed by atoms with Crippen molar-refractivity contribution in [3.8, 4) is 11.4 Å². The van der Waals surface area contributed by atoms with Gasteiger partial charge in [0.05, 0.1) is 13.7 Å². The zero-order valence-corrected chi connectivity index (χ0v) is 18.8. The summed E-state index contributed by atoms with van der Waals surface area (Å²) in [6.07, 6.45) is 0. The monoisotopic (exact) mass is 421 g/mol. The van der Waals surface area contributed by atoms with Gasteiger partial charge in [0.15, 0.2) is 17.7 Å². The van der Waals surface area contributed by atoms with Crippen molar-refractivity contribution in [3.63, 3.8) is 0 Å². The van der Waals surface area contributed by atoms with Crippen molar-refractivity contribution >= 4 is 29.9 Å². The second-order valence-corrected chi connectivity index (χ2v) is 9.91. The fraction of sp³-hybridized carbons (Fsp3) is 0.550. The van der Waals surface area contributed by atoms with E-state index >= 15 is 0 Å². The summed E-state index contributed by atoms with van der Waals surface area (Å²) >= 11 is 7.29. The molecule has 0 amide bonds. The number of carbonyl (C=O) groups is 1. The number of rotatable bonds is 4. The maximum Gasteiger partial charge on any atom is 0.324 e. The lowest BCUT2D eigenvalue weighted by molar-refractivity contribution is -0.921. The van der Waals surface area contributed by atoms with Crippen LogP contribution >= 0.6 is 24.0 Å². The van der Waals surface area contributed by atoms with Gasteiger partial charge in [0, 0.05) is 18.4 Å². The number of methoxy groups -OCH3 is 1. The minimum absolute atomic E-state index is 0.115. The van der Waals surface area contributed by atoms with Gasteiger partial charge in [-0.3, -0.25) is 4.79 Å². The summed E-state index contributed by atoms with van der Waals surface area (Å²) in [7, 11) is 3.40. The Bertz CT molecular complexity index is 896. The molecule has 6 nitrogen and oxygen atoms in total. The molecule has 152 valence electrons. The molecule has 2 aromatic rings. The van der Waals surface area contributed by atoms with E-state index in [2.05, 4.69) is 45.0 Å². The van der Waals surface area contributed by atoms with Crippen molar-refractivity contribution in [2.24, 2.45) is 7.05 Å². The quantitative estimate of drug-likeness (QED) is 0.605. The van der Waals surface area contributed by atoms with E-state index in [0.29, 0.717) is 11.4 Å². The van der Waals surface area contributed by atoms with Crippen molar-refractivity contribution in [1.82, 2.24) is 14.3 Å². The Morgan fingerprint density at radius 2 is 2.04 bits per heavy atom. The minimum atomic E-state index is -0.147. The minimum Gasteiger partial charge on any atom is -0.468 e. The SMILES string of the molecule is COC(=O)[C@H]1C[NH+](Cn2nc(-c3ccc(C(C)(C)C)cc3)n(C)c2=S)CCS1. The first-order valence-electron chi connectivity index (χ1n) is 9.48. The van der Waals surface area contributed by atoms with Crippen LogP contribution in [0, 0.1) is 4.77 Å². The lowest BCUT2D eigenvalue weighted by atomic mass is 9.87. The van der Waals surface area contributed by atoms with Crippen molar-refractivity contribution < 1.29 is 14.4 Å². The number of quaternary nitrogens is 1. The molecular formula is C20H29N4O2S2+. The van der Waals surface area contributed by atoms with Crippen molar-refractivity contribution in [2.75, 3.05) is 26.0 Å². The number of benzene rings is 1. The van der Waals surface area contributed by atoms with E-state index in [9.17, 15) is 4.79 Å². The van der Waals surface area contributed by atoms with Crippen LogP contribution in [0.15, 0.2) is 24.3 Å². The molecule has 1 aromatic carbocycles. The molecule has 2 heterocycles. The average molecular weight is 422 g/mol. The molecule has 1 N–H and O–H groups in total. The highest BCUT2D eigenvalue weighted by atomic mass is 32.2. The lowest BCUT2D eigenvalue weighted by Crippen LogP contribution is -3.14. The third-order valence-electron chi connectivity index (χ3n) is 5.14. The van der Waals surface area contributed by atoms with Gasteiger partial charge in [0.2, 0.25) is 4.77 Å². The molecule has 28 heavy (non-hydrogen) atoms. The molecule has 1 aliphatic heterocycles. The summed E-state index contributed by atoms with van der Waals surface area (Å²) < 4.78 is 9.43. The number of hydrogen-bond acceptors (Lipinski definition) is 5. The Kier molecular flexibility index (Phi) is 6.31. The third-order valence-corrected chi connectivity index (χ3v) is 6.82. The Morgan fingerprint density at radius 1 is 1.36 bits per heavy atom. The van der Waals surface area contributed by atoms with E-state index in [0.717, 1.165) is 30.2 Å². The first-order valence-corrected chi connectivity index (χ1v) is 10.9. The summed E-state index contributed by atoms with van der Waals surface area (Å²) in [6.45, 7) is 8.98. The number of nitrogens with one attached hydrogen (secondary N) is 1. The van der Waals surface area contributed by atoms with E-state index in [1.165, 1.54) is 17.6 Å². The van der Waals surface area contributed by atoms with Gasteiger partial charge in [-0.2, -0.15) is 4.68 Å². The van der Waals surface area contributed by atoms with Gasteiger partial charge in [0.25, 0.3) is 0 Å². The predicted molar refractivity (Wildman–Crippen MR) is 115 cm³/mol. The highest BCUT2D eigenvalue weighted by molar-refractivity contribution is 8.00. The zero-order valence-electron chi connectivity index (χ0n) is 17.2. The van der Waals surface area contributed by atoms with E-state index in [-0.39, 0.29) is 16.6 Å². The van der Waals surface area contributed by atoms with E-state index < -0.39 is 0 Å². The summed E-state index contributed by atoms with van der Waals surface area (Å²) in [5, 5.41) is 4.67. The summed E-state index contributed by atoms with van der Waals surface area (Å²) in [6, 6.07) is 8.54. The molecular weight excluding hydrogens is 392 g/mol. The molecule has 8 heteroatoms. The number of ether oxygens (including phenoxy) is 1. The molecule has 0 radical (unpaired) electrons. The summed E-state index contributed by atoms with van der Waals surface area (Å²) in [5.41, 5.74) is 2.47. The van der Waals surface area contributed by atoms with Crippen molar-refractivity contribution in [2.45, 2.75) is 38.1 Å². The summed E-state index contributed by atoms with van der Waals surface area (Å²) in [5.74, 6) is 1.64. The molecule has 1 unspecified atom stereocenters. The first kappa shape index (κ1) is 21.1. The first-order chi connectivity index (χ1) is 13.2. The smallest absolute Gasteiger partial charge is 0.324 e. The van der Waals surface area contributed by atoms with Gasteiger partial charge in [0.1, 0.15) is 6.54 Å². The van der Waals surface area contributed by atoms with Gasteiger partial charge in [-0.05, 0) is 23.2 Å². The second-order valence-electron chi connectivity index (χ2n) is 8.24. The van der Waals surface area contributed by atoms with E-state index in [1.807, 2.05) is 16.3 Å². The van der Waals surface area contributed by atoms with Crippen LogP contribution in [0.4, 0.5) is 0 Å². The normalized spacial score (nSPS) is 20.2. The van der Waals surface area contributed by atoms with Crippen molar-refractivity contribution in [1.29, 1.82) is 0 Å². The van der Waals surface area contributed by atoms with Crippen molar-refractivity contribution in [3.05, 3.63) is 34.6 Å². The highest BCUT2D eigenvalue weighted by Crippen LogP contribution is 2.25. The maximum absolute atomic E-state index is 11.9. The Labute approximate surface area is 175 Å². The second kappa shape index (κ2) is 8.39. The van der Waals surface area contributed by atoms with Crippen LogP contribution in [0.3, 0.4) is 0 Å². The number of thioether (sulfide) groups is 1. The highest BCUT2D eigenvalue weighted by Gasteiger charge is 2.30.